The van der Waals surface area contributed by atoms with Crippen LogP contribution in [0.3, 0.4) is 0 Å². The summed E-state index contributed by atoms with van der Waals surface area (Å²) in [4.78, 5) is 6.47. The Morgan fingerprint density at radius 1 is 1.23 bits per heavy atom. The van der Waals surface area contributed by atoms with Crippen molar-refractivity contribution in [3.05, 3.63) is 24.5 Å². The second-order valence-corrected chi connectivity index (χ2v) is 3.87. The first kappa shape index (κ1) is 8.54. The van der Waals surface area contributed by atoms with Gasteiger partial charge in [0.05, 0.1) is 0 Å². The molecule has 0 bridgehead atoms. The second kappa shape index (κ2) is 3.77. The van der Waals surface area contributed by atoms with Crippen LogP contribution in [0.25, 0.3) is 0 Å². The molecule has 0 aromatic carbocycles. The number of pyridine rings is 1. The third kappa shape index (κ3) is 2.00. The molecule has 0 spiro atoms. The minimum atomic E-state index is 0.901. The van der Waals surface area contributed by atoms with E-state index in [0.717, 1.165) is 5.92 Å². The number of rotatable bonds is 1. The van der Waals surface area contributed by atoms with Crippen LogP contribution in [0.1, 0.15) is 19.8 Å². The van der Waals surface area contributed by atoms with Crippen molar-refractivity contribution >= 4 is 5.69 Å². The first-order chi connectivity index (χ1) is 6.36. The highest BCUT2D eigenvalue weighted by molar-refractivity contribution is 5.44. The molecule has 1 aliphatic heterocycles. The molecule has 0 N–H and O–H groups in total. The largest absolute Gasteiger partial charge is 0.371 e. The summed E-state index contributed by atoms with van der Waals surface area (Å²) < 4.78 is 0. The lowest BCUT2D eigenvalue weighted by Gasteiger charge is -2.31. The third-order valence-corrected chi connectivity index (χ3v) is 2.81. The van der Waals surface area contributed by atoms with Crippen molar-refractivity contribution in [3.8, 4) is 0 Å². The predicted molar refractivity (Wildman–Crippen MR) is 54.8 cm³/mol. The minimum Gasteiger partial charge on any atom is -0.371 e. The van der Waals surface area contributed by atoms with E-state index in [1.807, 2.05) is 12.4 Å². The van der Waals surface area contributed by atoms with Crippen molar-refractivity contribution in [3.63, 3.8) is 0 Å². The van der Waals surface area contributed by atoms with Crippen molar-refractivity contribution in [2.45, 2.75) is 19.8 Å². The monoisotopic (exact) mass is 176 g/mol. The van der Waals surface area contributed by atoms with Gasteiger partial charge in [-0.2, -0.15) is 0 Å². The second-order valence-electron chi connectivity index (χ2n) is 3.87. The van der Waals surface area contributed by atoms with Crippen LogP contribution in [0.15, 0.2) is 24.5 Å². The maximum absolute atomic E-state index is 4.03. The van der Waals surface area contributed by atoms with Gasteiger partial charge in [-0.1, -0.05) is 6.92 Å². The average molecular weight is 176 g/mol. The molecular weight excluding hydrogens is 160 g/mol. The van der Waals surface area contributed by atoms with E-state index >= 15 is 0 Å². The van der Waals surface area contributed by atoms with Gasteiger partial charge in [-0.3, -0.25) is 4.98 Å². The van der Waals surface area contributed by atoms with Gasteiger partial charge in [-0.25, -0.2) is 0 Å². The summed E-state index contributed by atoms with van der Waals surface area (Å²) in [5.74, 6) is 0.901. The van der Waals surface area contributed by atoms with E-state index in [1.165, 1.54) is 31.6 Å². The molecule has 1 saturated heterocycles. The molecule has 0 unspecified atom stereocenters. The minimum absolute atomic E-state index is 0.901. The molecule has 1 aromatic rings. The Morgan fingerprint density at radius 3 is 2.46 bits per heavy atom. The first-order valence-corrected chi connectivity index (χ1v) is 5.01. The van der Waals surface area contributed by atoms with Gasteiger partial charge in [0.2, 0.25) is 0 Å². The zero-order valence-electron chi connectivity index (χ0n) is 8.11. The number of anilines is 1. The molecule has 2 nitrogen and oxygen atoms in total. The first-order valence-electron chi connectivity index (χ1n) is 5.01. The summed E-state index contributed by atoms with van der Waals surface area (Å²) in [6.45, 7) is 4.74. The zero-order chi connectivity index (χ0) is 9.10. The predicted octanol–water partition coefficient (Wildman–Crippen LogP) is 2.32. The van der Waals surface area contributed by atoms with Crippen molar-refractivity contribution in [1.29, 1.82) is 0 Å². The number of nitrogens with zero attached hydrogens (tertiary/aromatic N) is 2. The summed E-state index contributed by atoms with van der Waals surface area (Å²) in [6.07, 6.45) is 6.38. The van der Waals surface area contributed by atoms with Gasteiger partial charge in [0.15, 0.2) is 0 Å². The summed E-state index contributed by atoms with van der Waals surface area (Å²) in [5, 5.41) is 0. The molecule has 1 fully saturated rings. The molecule has 0 saturated carbocycles. The average Bonchev–Trinajstić information content (AvgIpc) is 2.20. The topological polar surface area (TPSA) is 16.1 Å². The van der Waals surface area contributed by atoms with Gasteiger partial charge in [0, 0.05) is 31.2 Å². The smallest absolute Gasteiger partial charge is 0.0397 e. The SMILES string of the molecule is CC1CCN(c2ccncc2)CC1. The Labute approximate surface area is 79.6 Å². The molecule has 1 aliphatic rings. The Balaban J connectivity index is 2.03. The number of hydrogen-bond donors (Lipinski definition) is 0. The maximum atomic E-state index is 4.03. The highest BCUT2D eigenvalue weighted by Crippen LogP contribution is 2.21. The Kier molecular flexibility index (Phi) is 2.48. The lowest BCUT2D eigenvalue weighted by molar-refractivity contribution is 0.438. The maximum Gasteiger partial charge on any atom is 0.0397 e. The fraction of sp³-hybridized carbons (Fsp3) is 0.545. The standard InChI is InChI=1S/C11H16N2/c1-10-4-8-13(9-5-10)11-2-6-12-7-3-11/h2-3,6-7,10H,4-5,8-9H2,1H3. The van der Waals surface area contributed by atoms with Crippen LogP contribution in [-0.4, -0.2) is 18.1 Å². The van der Waals surface area contributed by atoms with Crippen LogP contribution in [0, 0.1) is 5.92 Å². The van der Waals surface area contributed by atoms with Crippen molar-refractivity contribution < 1.29 is 0 Å². The van der Waals surface area contributed by atoms with E-state index in [4.69, 9.17) is 0 Å². The van der Waals surface area contributed by atoms with Crippen molar-refractivity contribution in [2.75, 3.05) is 18.0 Å². The van der Waals surface area contributed by atoms with Crippen molar-refractivity contribution in [2.24, 2.45) is 5.92 Å². The quantitative estimate of drug-likeness (QED) is 0.652. The van der Waals surface area contributed by atoms with Crippen LogP contribution < -0.4 is 4.90 Å². The van der Waals surface area contributed by atoms with Crippen LogP contribution in [0.5, 0.6) is 0 Å². The highest BCUT2D eigenvalue weighted by Gasteiger charge is 2.15. The van der Waals surface area contributed by atoms with E-state index < -0.39 is 0 Å². The summed E-state index contributed by atoms with van der Waals surface area (Å²) in [5.41, 5.74) is 1.32. The lowest BCUT2D eigenvalue weighted by atomic mass is 9.99. The van der Waals surface area contributed by atoms with Crippen LogP contribution >= 0.6 is 0 Å². The Bertz CT molecular complexity index is 250. The summed E-state index contributed by atoms with van der Waals surface area (Å²) in [6, 6.07) is 4.19. The molecule has 0 radical (unpaired) electrons. The molecule has 2 heterocycles. The van der Waals surface area contributed by atoms with E-state index in [2.05, 4.69) is 28.9 Å². The lowest BCUT2D eigenvalue weighted by Crippen LogP contribution is -2.32. The fourth-order valence-electron chi connectivity index (χ4n) is 1.82. The van der Waals surface area contributed by atoms with Crippen LogP contribution in [0.2, 0.25) is 0 Å². The van der Waals surface area contributed by atoms with Gasteiger partial charge in [-0.15, -0.1) is 0 Å². The molecule has 70 valence electrons. The fourth-order valence-corrected chi connectivity index (χ4v) is 1.82. The molecule has 0 atom stereocenters. The molecule has 1 aromatic heterocycles. The highest BCUT2D eigenvalue weighted by atomic mass is 15.1. The van der Waals surface area contributed by atoms with E-state index in [9.17, 15) is 0 Å². The summed E-state index contributed by atoms with van der Waals surface area (Å²) >= 11 is 0. The third-order valence-electron chi connectivity index (χ3n) is 2.81. The molecule has 2 rings (SSSR count). The summed E-state index contributed by atoms with van der Waals surface area (Å²) in [7, 11) is 0. The Hall–Kier alpha value is -1.05. The van der Waals surface area contributed by atoms with Crippen LogP contribution in [0.4, 0.5) is 5.69 Å². The van der Waals surface area contributed by atoms with Gasteiger partial charge in [-0.05, 0) is 30.9 Å². The molecular formula is C11H16N2. The van der Waals surface area contributed by atoms with Crippen LogP contribution in [-0.2, 0) is 0 Å². The van der Waals surface area contributed by atoms with E-state index in [0.29, 0.717) is 0 Å². The number of aromatic nitrogens is 1. The van der Waals surface area contributed by atoms with Gasteiger partial charge in [0.25, 0.3) is 0 Å². The van der Waals surface area contributed by atoms with Gasteiger partial charge >= 0.3 is 0 Å². The van der Waals surface area contributed by atoms with E-state index in [1.54, 1.807) is 0 Å². The van der Waals surface area contributed by atoms with E-state index in [-0.39, 0.29) is 0 Å². The van der Waals surface area contributed by atoms with Gasteiger partial charge in [0.1, 0.15) is 0 Å². The number of hydrogen-bond acceptors (Lipinski definition) is 2. The zero-order valence-corrected chi connectivity index (χ0v) is 8.11. The Morgan fingerprint density at radius 2 is 1.85 bits per heavy atom. The molecule has 13 heavy (non-hydrogen) atoms. The molecule has 0 amide bonds. The van der Waals surface area contributed by atoms with Gasteiger partial charge < -0.3 is 4.90 Å². The molecule has 2 heteroatoms. The normalized spacial score (nSPS) is 19.0. The van der Waals surface area contributed by atoms with Crippen molar-refractivity contribution in [1.82, 2.24) is 4.98 Å². The molecule has 0 aliphatic carbocycles. The number of piperidine rings is 1.